The molecule has 0 aliphatic rings. The standard InChI is InChI=1S/C9H7BrF3NO2/c1-16-9(15)7-6(8(12)13)4(3-10)2-5(11)14-7/h2,8H,3H2,1H3. The Balaban J connectivity index is 3.44. The first-order valence-corrected chi connectivity index (χ1v) is 5.25. The molecule has 0 fully saturated rings. The number of halogens is 4. The van der Waals surface area contributed by atoms with Crippen LogP contribution in [-0.2, 0) is 10.1 Å². The maximum Gasteiger partial charge on any atom is 0.357 e. The first-order chi connectivity index (χ1) is 7.51. The van der Waals surface area contributed by atoms with E-state index in [2.05, 4.69) is 25.7 Å². The molecule has 0 bridgehead atoms. The Morgan fingerprint density at radius 1 is 1.62 bits per heavy atom. The second-order valence-electron chi connectivity index (χ2n) is 2.79. The minimum absolute atomic E-state index is 0.00386. The molecule has 88 valence electrons. The van der Waals surface area contributed by atoms with E-state index in [-0.39, 0.29) is 10.9 Å². The normalized spacial score (nSPS) is 10.6. The van der Waals surface area contributed by atoms with Crippen molar-refractivity contribution in [2.45, 2.75) is 11.8 Å². The number of nitrogens with zero attached hydrogens (tertiary/aromatic N) is 1. The zero-order chi connectivity index (χ0) is 12.3. The molecule has 0 unspecified atom stereocenters. The lowest BCUT2D eigenvalue weighted by molar-refractivity contribution is 0.0579. The SMILES string of the molecule is COC(=O)c1nc(F)cc(CBr)c1C(F)F. The van der Waals surface area contributed by atoms with Crippen molar-refractivity contribution in [1.82, 2.24) is 4.98 Å². The van der Waals surface area contributed by atoms with Crippen LogP contribution in [-0.4, -0.2) is 18.1 Å². The van der Waals surface area contributed by atoms with E-state index >= 15 is 0 Å². The van der Waals surface area contributed by atoms with E-state index in [1.54, 1.807) is 0 Å². The number of carbonyl (C=O) groups is 1. The molecule has 1 aromatic rings. The fourth-order valence-electron chi connectivity index (χ4n) is 1.18. The number of methoxy groups -OCH3 is 1. The number of alkyl halides is 3. The van der Waals surface area contributed by atoms with Gasteiger partial charge in [-0.05, 0) is 11.6 Å². The summed E-state index contributed by atoms with van der Waals surface area (Å²) >= 11 is 2.94. The van der Waals surface area contributed by atoms with E-state index in [4.69, 9.17) is 0 Å². The molecule has 0 aliphatic heterocycles. The summed E-state index contributed by atoms with van der Waals surface area (Å²) in [6.07, 6.45) is -2.92. The molecule has 1 heterocycles. The lowest BCUT2D eigenvalue weighted by Gasteiger charge is -2.10. The van der Waals surface area contributed by atoms with Crippen molar-refractivity contribution in [1.29, 1.82) is 0 Å². The molecule has 1 aromatic heterocycles. The molecule has 0 saturated carbocycles. The van der Waals surface area contributed by atoms with Crippen LogP contribution < -0.4 is 0 Å². The van der Waals surface area contributed by atoms with E-state index < -0.39 is 29.6 Å². The number of aromatic nitrogens is 1. The van der Waals surface area contributed by atoms with Crippen LogP contribution in [0.5, 0.6) is 0 Å². The average molecular weight is 298 g/mol. The number of hydrogen-bond acceptors (Lipinski definition) is 3. The highest BCUT2D eigenvalue weighted by Crippen LogP contribution is 2.28. The van der Waals surface area contributed by atoms with Gasteiger partial charge < -0.3 is 4.74 Å². The quantitative estimate of drug-likeness (QED) is 0.489. The lowest BCUT2D eigenvalue weighted by atomic mass is 10.1. The van der Waals surface area contributed by atoms with Gasteiger partial charge in [-0.2, -0.15) is 4.39 Å². The van der Waals surface area contributed by atoms with E-state index in [9.17, 15) is 18.0 Å². The Morgan fingerprint density at radius 2 is 2.25 bits per heavy atom. The molecule has 16 heavy (non-hydrogen) atoms. The molecule has 1 rings (SSSR count). The van der Waals surface area contributed by atoms with E-state index in [1.165, 1.54) is 0 Å². The molecular weight excluding hydrogens is 291 g/mol. The smallest absolute Gasteiger partial charge is 0.357 e. The van der Waals surface area contributed by atoms with Crippen molar-refractivity contribution in [3.05, 3.63) is 28.8 Å². The summed E-state index contributed by atoms with van der Waals surface area (Å²) in [5.41, 5.74) is -1.32. The Hall–Kier alpha value is -1.11. The second-order valence-corrected chi connectivity index (χ2v) is 3.35. The highest BCUT2D eigenvalue weighted by molar-refractivity contribution is 9.08. The van der Waals surface area contributed by atoms with E-state index in [1.807, 2.05) is 0 Å². The van der Waals surface area contributed by atoms with Gasteiger partial charge in [0.2, 0.25) is 5.95 Å². The van der Waals surface area contributed by atoms with Gasteiger partial charge in [0.15, 0.2) is 5.69 Å². The van der Waals surface area contributed by atoms with Crippen LogP contribution >= 0.6 is 15.9 Å². The Kier molecular flexibility index (Phi) is 4.28. The predicted molar refractivity (Wildman–Crippen MR) is 53.1 cm³/mol. The molecular formula is C9H7BrF3NO2. The highest BCUT2D eigenvalue weighted by Gasteiger charge is 2.25. The van der Waals surface area contributed by atoms with Crippen LogP contribution in [0.1, 0.15) is 28.0 Å². The largest absolute Gasteiger partial charge is 0.464 e. The summed E-state index contributed by atoms with van der Waals surface area (Å²) in [4.78, 5) is 14.3. The molecule has 3 nitrogen and oxygen atoms in total. The fraction of sp³-hybridized carbons (Fsp3) is 0.333. The zero-order valence-electron chi connectivity index (χ0n) is 8.14. The van der Waals surface area contributed by atoms with Crippen LogP contribution in [0, 0.1) is 5.95 Å². The molecule has 0 radical (unpaired) electrons. The summed E-state index contributed by atoms with van der Waals surface area (Å²) in [6, 6.07) is 0.850. The minimum Gasteiger partial charge on any atom is -0.464 e. The predicted octanol–water partition coefficient (Wildman–Crippen LogP) is 2.84. The molecule has 0 aliphatic carbocycles. The molecule has 0 amide bonds. The summed E-state index contributed by atoms with van der Waals surface area (Å²) in [7, 11) is 1.01. The van der Waals surface area contributed by atoms with Gasteiger partial charge >= 0.3 is 5.97 Å². The number of ether oxygens (including phenoxy) is 1. The summed E-state index contributed by atoms with van der Waals surface area (Å²) < 4.78 is 42.7. The van der Waals surface area contributed by atoms with Crippen LogP contribution in [0.2, 0.25) is 0 Å². The third-order valence-electron chi connectivity index (χ3n) is 1.85. The van der Waals surface area contributed by atoms with Crippen LogP contribution in [0.15, 0.2) is 6.07 Å². The molecule has 0 N–H and O–H groups in total. The van der Waals surface area contributed by atoms with Gasteiger partial charge in [0.05, 0.1) is 12.7 Å². The number of esters is 1. The van der Waals surface area contributed by atoms with Crippen molar-refractivity contribution in [3.8, 4) is 0 Å². The van der Waals surface area contributed by atoms with Crippen molar-refractivity contribution >= 4 is 21.9 Å². The van der Waals surface area contributed by atoms with E-state index in [0.717, 1.165) is 13.2 Å². The van der Waals surface area contributed by atoms with Crippen molar-refractivity contribution in [2.24, 2.45) is 0 Å². The maximum absolute atomic E-state index is 13.0. The van der Waals surface area contributed by atoms with Crippen LogP contribution in [0.3, 0.4) is 0 Å². The van der Waals surface area contributed by atoms with Gasteiger partial charge in [0.1, 0.15) is 0 Å². The lowest BCUT2D eigenvalue weighted by Crippen LogP contribution is -2.12. The maximum atomic E-state index is 13.0. The highest BCUT2D eigenvalue weighted by atomic mass is 79.9. The van der Waals surface area contributed by atoms with Gasteiger partial charge in [-0.3, -0.25) is 0 Å². The molecule has 0 spiro atoms. The third kappa shape index (κ3) is 2.52. The number of carbonyl (C=O) groups excluding carboxylic acids is 1. The summed E-state index contributed by atoms with van der Waals surface area (Å²) in [6.45, 7) is 0. The van der Waals surface area contributed by atoms with Crippen molar-refractivity contribution in [2.75, 3.05) is 7.11 Å². The van der Waals surface area contributed by atoms with Crippen LogP contribution in [0.4, 0.5) is 13.2 Å². The number of pyridine rings is 1. The Bertz CT molecular complexity index is 412. The molecule has 0 atom stereocenters. The van der Waals surface area contributed by atoms with Gasteiger partial charge in [-0.1, -0.05) is 15.9 Å². The monoisotopic (exact) mass is 297 g/mol. The zero-order valence-corrected chi connectivity index (χ0v) is 9.72. The van der Waals surface area contributed by atoms with Crippen molar-refractivity contribution in [3.63, 3.8) is 0 Å². The van der Waals surface area contributed by atoms with Crippen LogP contribution in [0.25, 0.3) is 0 Å². The second kappa shape index (κ2) is 5.29. The minimum atomic E-state index is -2.92. The van der Waals surface area contributed by atoms with Gasteiger partial charge in [-0.15, -0.1) is 0 Å². The molecule has 7 heteroatoms. The van der Waals surface area contributed by atoms with Gasteiger partial charge in [0.25, 0.3) is 6.43 Å². The van der Waals surface area contributed by atoms with Crippen molar-refractivity contribution < 1.29 is 22.7 Å². The number of hydrogen-bond donors (Lipinski definition) is 0. The summed E-state index contributed by atoms with van der Waals surface area (Å²) in [5, 5.41) is -0.00386. The fourth-order valence-corrected chi connectivity index (χ4v) is 1.64. The molecule has 0 saturated heterocycles. The number of rotatable bonds is 3. The third-order valence-corrected chi connectivity index (χ3v) is 2.46. The topological polar surface area (TPSA) is 39.2 Å². The molecule has 0 aromatic carbocycles. The first kappa shape index (κ1) is 13.0. The first-order valence-electron chi connectivity index (χ1n) is 4.13. The average Bonchev–Trinajstić information content (AvgIpc) is 2.26. The van der Waals surface area contributed by atoms with E-state index in [0.29, 0.717) is 0 Å². The van der Waals surface area contributed by atoms with Gasteiger partial charge in [-0.25, -0.2) is 18.6 Å². The Labute approximate surface area is 97.8 Å². The summed E-state index contributed by atoms with van der Waals surface area (Å²) in [5.74, 6) is -2.09. The van der Waals surface area contributed by atoms with Gasteiger partial charge in [0, 0.05) is 5.33 Å². The Morgan fingerprint density at radius 3 is 2.69 bits per heavy atom.